The van der Waals surface area contributed by atoms with Gasteiger partial charge in [-0.05, 0) is 43.7 Å². The summed E-state index contributed by atoms with van der Waals surface area (Å²) >= 11 is 0. The first-order chi connectivity index (χ1) is 13.6. The lowest BCUT2D eigenvalue weighted by molar-refractivity contribution is 0.0934. The number of aromatic nitrogens is 3. The largest absolute Gasteiger partial charge is 0.441 e. The fraction of sp³-hybridized carbons (Fsp3) is 0.136. The van der Waals surface area contributed by atoms with Gasteiger partial charge in [-0.3, -0.25) is 4.79 Å². The number of benzene rings is 2. The predicted octanol–water partition coefficient (Wildman–Crippen LogP) is 4.33. The number of carbonyl (C=O) groups is 1. The normalized spacial score (nSPS) is 11.9. The van der Waals surface area contributed by atoms with Gasteiger partial charge in [-0.1, -0.05) is 30.3 Å². The third-order valence-electron chi connectivity index (χ3n) is 4.58. The summed E-state index contributed by atoms with van der Waals surface area (Å²) < 4.78 is 7.61. The Morgan fingerprint density at radius 2 is 1.86 bits per heavy atom. The van der Waals surface area contributed by atoms with E-state index in [4.69, 9.17) is 4.42 Å². The number of rotatable bonds is 5. The molecule has 0 saturated carbocycles. The van der Waals surface area contributed by atoms with Crippen LogP contribution in [-0.4, -0.2) is 20.4 Å². The lowest BCUT2D eigenvalue weighted by atomic mass is 10.1. The third kappa shape index (κ3) is 3.57. The number of aryl methyl sites for hydroxylation is 1. The first-order valence-corrected chi connectivity index (χ1v) is 9.04. The lowest BCUT2D eigenvalue weighted by Gasteiger charge is -2.14. The fourth-order valence-corrected chi connectivity index (χ4v) is 3.01. The predicted molar refractivity (Wildman–Crippen MR) is 106 cm³/mol. The SMILES string of the molecule is Cc1oc(-c2ccccc2)nc1C(=O)N[C@@H](C)c1ccc(-n2ccnc2)cc1. The Morgan fingerprint density at radius 3 is 2.54 bits per heavy atom. The molecule has 4 aromatic rings. The Kier molecular flexibility index (Phi) is 4.76. The molecule has 0 saturated heterocycles. The maximum absolute atomic E-state index is 12.7. The average molecular weight is 372 g/mol. The topological polar surface area (TPSA) is 73.0 Å². The third-order valence-corrected chi connectivity index (χ3v) is 4.58. The molecular formula is C22H20N4O2. The van der Waals surface area contributed by atoms with Gasteiger partial charge in [-0.25, -0.2) is 9.97 Å². The van der Waals surface area contributed by atoms with Gasteiger partial charge in [0.05, 0.1) is 12.4 Å². The van der Waals surface area contributed by atoms with E-state index in [-0.39, 0.29) is 11.9 Å². The number of hydrogen-bond acceptors (Lipinski definition) is 4. The fourth-order valence-electron chi connectivity index (χ4n) is 3.01. The van der Waals surface area contributed by atoms with Gasteiger partial charge in [0, 0.05) is 23.6 Å². The molecule has 1 amide bonds. The van der Waals surface area contributed by atoms with Crippen LogP contribution in [0.2, 0.25) is 0 Å². The number of oxazole rings is 1. The van der Waals surface area contributed by atoms with Crippen molar-refractivity contribution in [3.8, 4) is 17.1 Å². The molecule has 4 rings (SSSR count). The van der Waals surface area contributed by atoms with Crippen LogP contribution in [-0.2, 0) is 0 Å². The standard InChI is InChI=1S/C22H20N4O2/c1-15(17-8-10-19(11-9-17)26-13-12-23-14-26)24-21(27)20-16(2)28-22(25-20)18-6-4-3-5-7-18/h3-15H,1-2H3,(H,24,27)/t15-/m0/s1. The van der Waals surface area contributed by atoms with E-state index in [1.807, 2.05) is 72.3 Å². The highest BCUT2D eigenvalue weighted by atomic mass is 16.4. The van der Waals surface area contributed by atoms with Crippen molar-refractivity contribution in [2.24, 2.45) is 0 Å². The molecule has 1 atom stereocenters. The summed E-state index contributed by atoms with van der Waals surface area (Å²) in [6.07, 6.45) is 5.37. The number of imidazole rings is 1. The lowest BCUT2D eigenvalue weighted by Crippen LogP contribution is -2.27. The van der Waals surface area contributed by atoms with Gasteiger partial charge in [0.25, 0.3) is 5.91 Å². The molecule has 0 bridgehead atoms. The van der Waals surface area contributed by atoms with E-state index >= 15 is 0 Å². The zero-order chi connectivity index (χ0) is 19.5. The monoisotopic (exact) mass is 372 g/mol. The minimum Gasteiger partial charge on any atom is -0.441 e. The molecule has 0 fully saturated rings. The second-order valence-electron chi connectivity index (χ2n) is 6.55. The summed E-state index contributed by atoms with van der Waals surface area (Å²) in [4.78, 5) is 21.1. The molecule has 6 heteroatoms. The van der Waals surface area contributed by atoms with E-state index < -0.39 is 0 Å². The molecule has 6 nitrogen and oxygen atoms in total. The van der Waals surface area contributed by atoms with Crippen LogP contribution >= 0.6 is 0 Å². The zero-order valence-corrected chi connectivity index (χ0v) is 15.7. The molecule has 0 spiro atoms. The first kappa shape index (κ1) is 17.7. The Balaban J connectivity index is 1.48. The summed E-state index contributed by atoms with van der Waals surface area (Å²) in [6.45, 7) is 3.69. The molecule has 0 aliphatic carbocycles. The molecule has 0 aliphatic rings. The van der Waals surface area contributed by atoms with E-state index in [1.54, 1.807) is 19.4 Å². The van der Waals surface area contributed by atoms with Crippen LogP contribution in [0, 0.1) is 6.92 Å². The summed E-state index contributed by atoms with van der Waals surface area (Å²) in [6, 6.07) is 17.3. The number of amides is 1. The van der Waals surface area contributed by atoms with Gasteiger partial charge in [-0.15, -0.1) is 0 Å². The van der Waals surface area contributed by atoms with Crippen molar-refractivity contribution in [1.82, 2.24) is 19.9 Å². The van der Waals surface area contributed by atoms with E-state index in [2.05, 4.69) is 15.3 Å². The second-order valence-corrected chi connectivity index (χ2v) is 6.55. The van der Waals surface area contributed by atoms with Gasteiger partial charge in [0.2, 0.25) is 5.89 Å². The molecule has 2 aromatic carbocycles. The van der Waals surface area contributed by atoms with Crippen molar-refractivity contribution in [2.45, 2.75) is 19.9 Å². The summed E-state index contributed by atoms with van der Waals surface area (Å²) in [5.41, 5.74) is 3.16. The van der Waals surface area contributed by atoms with Crippen LogP contribution in [0.1, 0.15) is 34.8 Å². The Labute approximate surface area is 162 Å². The molecule has 0 unspecified atom stereocenters. The maximum Gasteiger partial charge on any atom is 0.274 e. The number of nitrogens with one attached hydrogen (secondary N) is 1. The second kappa shape index (κ2) is 7.52. The highest BCUT2D eigenvalue weighted by molar-refractivity contribution is 5.94. The van der Waals surface area contributed by atoms with Gasteiger partial charge in [0.1, 0.15) is 5.76 Å². The Bertz CT molecular complexity index is 1070. The molecule has 0 radical (unpaired) electrons. The Hall–Kier alpha value is -3.67. The quantitative estimate of drug-likeness (QED) is 0.566. The van der Waals surface area contributed by atoms with Crippen LogP contribution in [0.25, 0.3) is 17.1 Å². The summed E-state index contributed by atoms with van der Waals surface area (Å²) in [5, 5.41) is 2.99. The van der Waals surface area contributed by atoms with Crippen LogP contribution in [0.5, 0.6) is 0 Å². The van der Waals surface area contributed by atoms with Crippen molar-refractivity contribution in [3.63, 3.8) is 0 Å². The molecule has 140 valence electrons. The number of nitrogens with zero attached hydrogens (tertiary/aromatic N) is 3. The van der Waals surface area contributed by atoms with Gasteiger partial charge >= 0.3 is 0 Å². The van der Waals surface area contributed by atoms with E-state index in [1.165, 1.54) is 0 Å². The molecule has 1 N–H and O–H groups in total. The van der Waals surface area contributed by atoms with Crippen molar-refractivity contribution in [1.29, 1.82) is 0 Å². The maximum atomic E-state index is 12.7. The van der Waals surface area contributed by atoms with Gasteiger partial charge in [0.15, 0.2) is 5.69 Å². The van der Waals surface area contributed by atoms with Crippen molar-refractivity contribution >= 4 is 5.91 Å². The minimum atomic E-state index is -0.255. The summed E-state index contributed by atoms with van der Waals surface area (Å²) in [5.74, 6) is 0.689. The molecular weight excluding hydrogens is 352 g/mol. The molecule has 28 heavy (non-hydrogen) atoms. The van der Waals surface area contributed by atoms with Crippen LogP contribution in [0.4, 0.5) is 0 Å². The van der Waals surface area contributed by atoms with Crippen LogP contribution in [0.3, 0.4) is 0 Å². The number of hydrogen-bond donors (Lipinski definition) is 1. The first-order valence-electron chi connectivity index (χ1n) is 9.04. The number of carbonyl (C=O) groups excluding carboxylic acids is 1. The zero-order valence-electron chi connectivity index (χ0n) is 15.7. The van der Waals surface area contributed by atoms with Gasteiger partial charge < -0.3 is 14.3 Å². The van der Waals surface area contributed by atoms with E-state index in [0.29, 0.717) is 17.3 Å². The van der Waals surface area contributed by atoms with Crippen molar-refractivity contribution in [3.05, 3.63) is 90.3 Å². The van der Waals surface area contributed by atoms with E-state index in [9.17, 15) is 4.79 Å². The van der Waals surface area contributed by atoms with Crippen LogP contribution < -0.4 is 5.32 Å². The van der Waals surface area contributed by atoms with E-state index in [0.717, 1.165) is 16.8 Å². The highest BCUT2D eigenvalue weighted by Crippen LogP contribution is 2.22. The average Bonchev–Trinajstić information content (AvgIpc) is 3.39. The molecule has 2 aromatic heterocycles. The molecule has 2 heterocycles. The van der Waals surface area contributed by atoms with Crippen LogP contribution in [0.15, 0.2) is 77.7 Å². The smallest absolute Gasteiger partial charge is 0.274 e. The molecule has 0 aliphatic heterocycles. The Morgan fingerprint density at radius 1 is 1.11 bits per heavy atom. The summed E-state index contributed by atoms with van der Waals surface area (Å²) in [7, 11) is 0. The van der Waals surface area contributed by atoms with Gasteiger partial charge in [-0.2, -0.15) is 0 Å². The van der Waals surface area contributed by atoms with Crippen molar-refractivity contribution < 1.29 is 9.21 Å². The highest BCUT2D eigenvalue weighted by Gasteiger charge is 2.20. The minimum absolute atomic E-state index is 0.166. The van der Waals surface area contributed by atoms with Crippen molar-refractivity contribution in [2.75, 3.05) is 0 Å².